The zero-order valence-electron chi connectivity index (χ0n) is 9.62. The van der Waals surface area contributed by atoms with Crippen LogP contribution in [0.5, 0.6) is 0 Å². The van der Waals surface area contributed by atoms with E-state index < -0.39 is 6.04 Å². The smallest absolute Gasteiger partial charge is 0.323 e. The quantitative estimate of drug-likeness (QED) is 0.636. The lowest BCUT2D eigenvalue weighted by molar-refractivity contribution is -0.142. The van der Waals surface area contributed by atoms with Gasteiger partial charge in [-0.3, -0.25) is 4.79 Å². The molecule has 0 aromatic carbocycles. The molecule has 0 bridgehead atoms. The summed E-state index contributed by atoms with van der Waals surface area (Å²) in [6.45, 7) is 5.84. The van der Waals surface area contributed by atoms with E-state index in [1.165, 1.54) is 7.11 Å². The topological polar surface area (TPSA) is 55.6 Å². The Morgan fingerprint density at radius 1 is 1.50 bits per heavy atom. The number of nitrogens with two attached hydrogens (primary N) is 1. The van der Waals surface area contributed by atoms with Gasteiger partial charge in [-0.05, 0) is 13.0 Å². The van der Waals surface area contributed by atoms with Crippen LogP contribution in [0.1, 0.15) is 20.3 Å². The van der Waals surface area contributed by atoms with Crippen LogP contribution >= 0.6 is 0 Å². The van der Waals surface area contributed by atoms with Gasteiger partial charge in [-0.15, -0.1) is 0 Å². The molecule has 0 aliphatic carbocycles. The highest BCUT2D eigenvalue weighted by Crippen LogP contribution is 2.02. The van der Waals surface area contributed by atoms with Crippen molar-refractivity contribution in [2.24, 2.45) is 11.7 Å². The van der Waals surface area contributed by atoms with Crippen molar-refractivity contribution in [1.82, 2.24) is 4.90 Å². The van der Waals surface area contributed by atoms with E-state index in [1.807, 2.05) is 7.05 Å². The van der Waals surface area contributed by atoms with Gasteiger partial charge in [0.05, 0.1) is 7.11 Å². The van der Waals surface area contributed by atoms with E-state index in [0.717, 1.165) is 13.0 Å². The predicted molar refractivity (Wildman–Crippen MR) is 56.9 cm³/mol. The molecule has 2 unspecified atom stereocenters. The molecular formula is C10H22N2O2. The van der Waals surface area contributed by atoms with Crippen molar-refractivity contribution in [3.05, 3.63) is 0 Å². The molecule has 2 atom stereocenters. The lowest BCUT2D eigenvalue weighted by Crippen LogP contribution is -2.43. The zero-order valence-corrected chi connectivity index (χ0v) is 9.62. The van der Waals surface area contributed by atoms with Crippen molar-refractivity contribution in [2.75, 3.05) is 27.2 Å². The summed E-state index contributed by atoms with van der Waals surface area (Å²) in [5.41, 5.74) is 5.63. The standard InChI is InChI=1S/C10H22N2O2/c1-5-8(2)6-12(3)7-9(11)10(13)14-4/h8-9H,5-7,11H2,1-4H3. The van der Waals surface area contributed by atoms with Crippen LogP contribution in [0.15, 0.2) is 0 Å². The second-order valence-electron chi connectivity index (χ2n) is 3.86. The Bertz CT molecular complexity index is 174. The van der Waals surface area contributed by atoms with E-state index in [-0.39, 0.29) is 5.97 Å². The Labute approximate surface area is 86.4 Å². The van der Waals surface area contributed by atoms with Crippen LogP contribution < -0.4 is 5.73 Å². The minimum atomic E-state index is -0.533. The molecule has 0 aliphatic heterocycles. The summed E-state index contributed by atoms with van der Waals surface area (Å²) in [7, 11) is 3.33. The maximum absolute atomic E-state index is 11.0. The van der Waals surface area contributed by atoms with Crippen molar-refractivity contribution in [3.63, 3.8) is 0 Å². The van der Waals surface area contributed by atoms with E-state index in [0.29, 0.717) is 12.5 Å². The molecule has 0 spiro atoms. The van der Waals surface area contributed by atoms with Crippen molar-refractivity contribution in [1.29, 1.82) is 0 Å². The monoisotopic (exact) mass is 202 g/mol. The van der Waals surface area contributed by atoms with Crippen LogP contribution in [-0.2, 0) is 9.53 Å². The van der Waals surface area contributed by atoms with Gasteiger partial charge < -0.3 is 15.4 Å². The molecule has 2 N–H and O–H groups in total. The summed E-state index contributed by atoms with van der Waals surface area (Å²) in [6, 6.07) is -0.533. The van der Waals surface area contributed by atoms with E-state index in [1.54, 1.807) is 0 Å². The number of methoxy groups -OCH3 is 1. The Hall–Kier alpha value is -0.610. The first-order chi connectivity index (χ1) is 6.51. The molecule has 0 saturated carbocycles. The highest BCUT2D eigenvalue weighted by atomic mass is 16.5. The molecule has 0 fully saturated rings. The van der Waals surface area contributed by atoms with Gasteiger partial charge in [0.2, 0.25) is 0 Å². The normalized spacial score (nSPS) is 15.3. The number of hydrogen-bond donors (Lipinski definition) is 1. The number of esters is 1. The summed E-state index contributed by atoms with van der Waals surface area (Å²) >= 11 is 0. The molecule has 0 saturated heterocycles. The summed E-state index contributed by atoms with van der Waals surface area (Å²) in [5.74, 6) is 0.283. The molecule has 14 heavy (non-hydrogen) atoms. The van der Waals surface area contributed by atoms with Gasteiger partial charge in [-0.25, -0.2) is 0 Å². The van der Waals surface area contributed by atoms with Gasteiger partial charge in [0.1, 0.15) is 6.04 Å². The van der Waals surface area contributed by atoms with E-state index in [2.05, 4.69) is 23.5 Å². The fourth-order valence-corrected chi connectivity index (χ4v) is 1.30. The lowest BCUT2D eigenvalue weighted by Gasteiger charge is -2.22. The van der Waals surface area contributed by atoms with Gasteiger partial charge >= 0.3 is 5.97 Å². The molecule has 84 valence electrons. The molecule has 0 aromatic rings. The SMILES string of the molecule is CCC(C)CN(C)CC(N)C(=O)OC. The van der Waals surface area contributed by atoms with E-state index in [4.69, 9.17) is 5.73 Å². The molecule has 0 rings (SSSR count). The Morgan fingerprint density at radius 2 is 2.07 bits per heavy atom. The van der Waals surface area contributed by atoms with Crippen LogP contribution in [0.2, 0.25) is 0 Å². The van der Waals surface area contributed by atoms with Crippen LogP contribution in [0.25, 0.3) is 0 Å². The second-order valence-corrected chi connectivity index (χ2v) is 3.86. The maximum Gasteiger partial charge on any atom is 0.323 e. The molecule has 0 heterocycles. The van der Waals surface area contributed by atoms with Crippen molar-refractivity contribution in [2.45, 2.75) is 26.3 Å². The van der Waals surface area contributed by atoms with Crippen LogP contribution in [0, 0.1) is 5.92 Å². The van der Waals surface area contributed by atoms with Gasteiger partial charge in [0, 0.05) is 13.1 Å². The first-order valence-corrected chi connectivity index (χ1v) is 5.03. The largest absolute Gasteiger partial charge is 0.468 e. The fraction of sp³-hybridized carbons (Fsp3) is 0.900. The average molecular weight is 202 g/mol. The minimum Gasteiger partial charge on any atom is -0.468 e. The predicted octanol–water partition coefficient (Wildman–Crippen LogP) is 0.465. The van der Waals surface area contributed by atoms with Crippen molar-refractivity contribution >= 4 is 5.97 Å². The highest BCUT2D eigenvalue weighted by Gasteiger charge is 2.16. The lowest BCUT2D eigenvalue weighted by atomic mass is 10.1. The minimum absolute atomic E-state index is 0.346. The third-order valence-corrected chi connectivity index (χ3v) is 2.33. The van der Waals surface area contributed by atoms with Crippen LogP contribution in [0.4, 0.5) is 0 Å². The van der Waals surface area contributed by atoms with Gasteiger partial charge in [-0.1, -0.05) is 20.3 Å². The van der Waals surface area contributed by atoms with E-state index in [9.17, 15) is 4.79 Å². The van der Waals surface area contributed by atoms with Gasteiger partial charge in [0.15, 0.2) is 0 Å². The number of carbonyl (C=O) groups is 1. The van der Waals surface area contributed by atoms with E-state index >= 15 is 0 Å². The Kier molecular flexibility index (Phi) is 6.49. The molecule has 0 aliphatic rings. The Morgan fingerprint density at radius 3 is 2.50 bits per heavy atom. The van der Waals surface area contributed by atoms with Crippen molar-refractivity contribution < 1.29 is 9.53 Å². The first-order valence-electron chi connectivity index (χ1n) is 5.03. The number of rotatable bonds is 6. The second kappa shape index (κ2) is 6.79. The van der Waals surface area contributed by atoms with Crippen LogP contribution in [0.3, 0.4) is 0 Å². The third kappa shape index (κ3) is 5.19. The maximum atomic E-state index is 11.0. The van der Waals surface area contributed by atoms with Crippen molar-refractivity contribution in [3.8, 4) is 0 Å². The molecule has 4 heteroatoms. The average Bonchev–Trinajstić information content (AvgIpc) is 2.15. The molecule has 0 aromatic heterocycles. The number of nitrogens with zero attached hydrogens (tertiary/aromatic N) is 1. The van der Waals surface area contributed by atoms with Gasteiger partial charge in [-0.2, -0.15) is 0 Å². The Balaban J connectivity index is 3.81. The summed E-state index contributed by atoms with van der Waals surface area (Å²) in [6.07, 6.45) is 1.14. The summed E-state index contributed by atoms with van der Waals surface area (Å²) in [5, 5.41) is 0. The summed E-state index contributed by atoms with van der Waals surface area (Å²) in [4.78, 5) is 13.1. The third-order valence-electron chi connectivity index (χ3n) is 2.33. The number of ether oxygens (including phenoxy) is 1. The first kappa shape index (κ1) is 13.4. The van der Waals surface area contributed by atoms with Gasteiger partial charge in [0.25, 0.3) is 0 Å². The molecule has 0 radical (unpaired) electrons. The molecule has 4 nitrogen and oxygen atoms in total. The summed E-state index contributed by atoms with van der Waals surface area (Å²) < 4.78 is 4.55. The zero-order chi connectivity index (χ0) is 11.1. The number of likely N-dealkylation sites (N-methyl/N-ethyl adjacent to an activating group) is 1. The molecule has 0 amide bonds. The fourth-order valence-electron chi connectivity index (χ4n) is 1.30. The molecular weight excluding hydrogens is 180 g/mol. The number of hydrogen-bond acceptors (Lipinski definition) is 4. The number of carbonyl (C=O) groups excluding carboxylic acids is 1. The highest BCUT2D eigenvalue weighted by molar-refractivity contribution is 5.75. The van der Waals surface area contributed by atoms with Crippen LogP contribution in [-0.4, -0.2) is 44.2 Å².